The Morgan fingerprint density at radius 2 is 1.91 bits per heavy atom. The van der Waals surface area contributed by atoms with E-state index in [2.05, 4.69) is 12.2 Å². The van der Waals surface area contributed by atoms with Crippen LogP contribution in [0.2, 0.25) is 0 Å². The average Bonchev–Trinajstić information content (AvgIpc) is 3.15. The van der Waals surface area contributed by atoms with E-state index in [0.717, 1.165) is 25.7 Å². The van der Waals surface area contributed by atoms with Gasteiger partial charge in [-0.2, -0.15) is 0 Å². The molecular weight excluding hydrogens is 280 g/mol. The van der Waals surface area contributed by atoms with Gasteiger partial charge < -0.3 is 14.9 Å². The maximum Gasteiger partial charge on any atom is 0.306 e. The van der Waals surface area contributed by atoms with Gasteiger partial charge in [-0.25, -0.2) is 0 Å². The van der Waals surface area contributed by atoms with E-state index < -0.39 is 0 Å². The predicted octanol–water partition coefficient (Wildman–Crippen LogP) is 2.43. The molecule has 0 saturated heterocycles. The number of allylic oxidation sites excluding steroid dienone is 1. The molecule has 7 atom stereocenters. The minimum atomic E-state index is -0.375. The number of aliphatic hydroxyl groups is 2. The largest absolute Gasteiger partial charge is 0.462 e. The molecule has 4 unspecified atom stereocenters. The smallest absolute Gasteiger partial charge is 0.306 e. The number of ether oxygens (including phenoxy) is 1. The van der Waals surface area contributed by atoms with Gasteiger partial charge in [-0.1, -0.05) is 19.1 Å². The average molecular weight is 308 g/mol. The number of esters is 1. The second kappa shape index (κ2) is 6.71. The second-order valence-corrected chi connectivity index (χ2v) is 7.16. The number of aliphatic hydroxyl groups excluding tert-OH is 2. The van der Waals surface area contributed by atoms with Crippen molar-refractivity contribution >= 4 is 5.97 Å². The summed E-state index contributed by atoms with van der Waals surface area (Å²) in [7, 11) is 0. The minimum absolute atomic E-state index is 0.104. The zero-order chi connectivity index (χ0) is 15.7. The highest BCUT2D eigenvalue weighted by Gasteiger charge is 2.65. The summed E-state index contributed by atoms with van der Waals surface area (Å²) < 4.78 is 5.71. The molecule has 4 nitrogen and oxygen atoms in total. The first-order valence-electron chi connectivity index (χ1n) is 8.84. The molecule has 1 aliphatic heterocycles. The summed E-state index contributed by atoms with van der Waals surface area (Å²) in [5.41, 5.74) is 0. The quantitative estimate of drug-likeness (QED) is 0.577. The first kappa shape index (κ1) is 16.0. The lowest BCUT2D eigenvalue weighted by Gasteiger charge is -2.27. The molecule has 2 fully saturated rings. The molecule has 0 amide bonds. The standard InChI is InChI=1S/C18H28O4/c1-2-14-11-10-13(20)18-16(11)17(18)12(19)8-6-4-3-5-7-9-15(21)22-14/h4,6,11-14,16-20H,2-3,5,7-10H2,1H3/b6-4-/t11?,12?,13-,14-,16-,17?,18?/m0/s1. The number of carbonyl (C=O) groups excluding carboxylic acids is 1. The number of hydrogen-bond acceptors (Lipinski definition) is 4. The summed E-state index contributed by atoms with van der Waals surface area (Å²) in [5, 5.41) is 20.7. The first-order chi connectivity index (χ1) is 10.6. The number of hydrogen-bond donors (Lipinski definition) is 2. The number of carbonyl (C=O) groups is 1. The van der Waals surface area contributed by atoms with Crippen molar-refractivity contribution in [2.45, 2.75) is 70.2 Å². The highest BCUT2D eigenvalue weighted by molar-refractivity contribution is 5.69. The monoisotopic (exact) mass is 308 g/mol. The lowest BCUT2D eigenvalue weighted by atomic mass is 9.89. The third-order valence-corrected chi connectivity index (χ3v) is 5.80. The fourth-order valence-electron chi connectivity index (χ4n) is 4.72. The molecular formula is C18H28O4. The lowest BCUT2D eigenvalue weighted by molar-refractivity contribution is -0.153. The summed E-state index contributed by atoms with van der Waals surface area (Å²) in [6, 6.07) is 0. The van der Waals surface area contributed by atoms with Crippen LogP contribution < -0.4 is 0 Å². The van der Waals surface area contributed by atoms with Crippen molar-refractivity contribution in [2.75, 3.05) is 0 Å². The fourth-order valence-corrected chi connectivity index (χ4v) is 4.72. The SMILES string of the molecule is CC[C@@H]1OC(=O)CCCC/C=C\CC(O)C2C3[C@H]2C1C[C@@H]3O. The van der Waals surface area contributed by atoms with Gasteiger partial charge in [0.2, 0.25) is 0 Å². The molecule has 4 heteroatoms. The molecule has 0 aromatic carbocycles. The Morgan fingerprint density at radius 1 is 1.14 bits per heavy atom. The topological polar surface area (TPSA) is 66.8 Å². The van der Waals surface area contributed by atoms with Crippen molar-refractivity contribution in [1.29, 1.82) is 0 Å². The lowest BCUT2D eigenvalue weighted by Crippen LogP contribution is -2.30. The van der Waals surface area contributed by atoms with E-state index in [1.54, 1.807) is 0 Å². The normalized spacial score (nSPS) is 47.2. The molecule has 2 aliphatic carbocycles. The molecule has 0 bridgehead atoms. The Bertz CT molecular complexity index is 433. The van der Waals surface area contributed by atoms with Crippen molar-refractivity contribution in [1.82, 2.24) is 0 Å². The van der Waals surface area contributed by atoms with Gasteiger partial charge in [0.15, 0.2) is 0 Å². The maximum absolute atomic E-state index is 12.0. The molecule has 2 saturated carbocycles. The molecule has 3 rings (SSSR count). The zero-order valence-electron chi connectivity index (χ0n) is 13.4. The highest BCUT2D eigenvalue weighted by atomic mass is 16.5. The summed E-state index contributed by atoms with van der Waals surface area (Å²) in [4.78, 5) is 12.0. The molecule has 0 aromatic rings. The van der Waals surface area contributed by atoms with Gasteiger partial charge in [0.25, 0.3) is 0 Å². The van der Waals surface area contributed by atoms with Crippen LogP contribution in [0.3, 0.4) is 0 Å². The third-order valence-electron chi connectivity index (χ3n) is 5.80. The van der Waals surface area contributed by atoms with Crippen LogP contribution in [-0.4, -0.2) is 34.5 Å². The molecule has 0 aromatic heterocycles. The molecule has 0 radical (unpaired) electrons. The van der Waals surface area contributed by atoms with E-state index in [1.807, 2.05) is 6.92 Å². The molecule has 0 spiro atoms. The summed E-state index contributed by atoms with van der Waals surface area (Å²) in [6.07, 6.45) is 8.76. The van der Waals surface area contributed by atoms with E-state index in [9.17, 15) is 15.0 Å². The van der Waals surface area contributed by atoms with Crippen molar-refractivity contribution in [3.8, 4) is 0 Å². The number of rotatable bonds is 1. The van der Waals surface area contributed by atoms with Gasteiger partial charge in [0, 0.05) is 12.3 Å². The molecule has 22 heavy (non-hydrogen) atoms. The Kier molecular flexibility index (Phi) is 4.88. The Hall–Kier alpha value is -0.870. The van der Waals surface area contributed by atoms with E-state index in [1.165, 1.54) is 0 Å². The van der Waals surface area contributed by atoms with Crippen LogP contribution in [0.4, 0.5) is 0 Å². The van der Waals surface area contributed by atoms with Crippen LogP contribution in [0.1, 0.15) is 51.9 Å². The van der Waals surface area contributed by atoms with Crippen LogP contribution >= 0.6 is 0 Å². The fraction of sp³-hybridized carbons (Fsp3) is 0.833. The summed E-state index contributed by atoms with van der Waals surface area (Å²) >= 11 is 0. The van der Waals surface area contributed by atoms with Crippen molar-refractivity contribution in [2.24, 2.45) is 23.7 Å². The van der Waals surface area contributed by atoms with Gasteiger partial charge in [-0.15, -0.1) is 0 Å². The Morgan fingerprint density at radius 3 is 2.68 bits per heavy atom. The van der Waals surface area contributed by atoms with Crippen LogP contribution in [0.5, 0.6) is 0 Å². The van der Waals surface area contributed by atoms with Gasteiger partial charge in [0.05, 0.1) is 12.2 Å². The van der Waals surface area contributed by atoms with E-state index in [0.29, 0.717) is 25.2 Å². The predicted molar refractivity (Wildman–Crippen MR) is 83.0 cm³/mol. The van der Waals surface area contributed by atoms with Crippen LogP contribution in [0.25, 0.3) is 0 Å². The minimum Gasteiger partial charge on any atom is -0.462 e. The Balaban J connectivity index is 1.75. The van der Waals surface area contributed by atoms with Crippen LogP contribution in [0.15, 0.2) is 12.2 Å². The van der Waals surface area contributed by atoms with Crippen molar-refractivity contribution in [3.05, 3.63) is 12.2 Å². The van der Waals surface area contributed by atoms with Gasteiger partial charge in [0.1, 0.15) is 6.10 Å². The molecule has 3 aliphatic rings. The summed E-state index contributed by atoms with van der Waals surface area (Å²) in [6.45, 7) is 2.04. The van der Waals surface area contributed by atoms with Crippen molar-refractivity contribution in [3.63, 3.8) is 0 Å². The highest BCUT2D eigenvalue weighted by Crippen LogP contribution is 2.63. The van der Waals surface area contributed by atoms with E-state index >= 15 is 0 Å². The van der Waals surface area contributed by atoms with E-state index in [-0.39, 0.29) is 42.0 Å². The number of fused-ring (bicyclic) bond motifs is 1. The van der Waals surface area contributed by atoms with Crippen molar-refractivity contribution < 1.29 is 19.7 Å². The molecule has 1 heterocycles. The number of cyclic esters (lactones) is 1. The van der Waals surface area contributed by atoms with Gasteiger partial charge in [-0.05, 0) is 56.3 Å². The second-order valence-electron chi connectivity index (χ2n) is 7.16. The maximum atomic E-state index is 12.0. The molecule has 124 valence electrons. The third kappa shape index (κ3) is 3.09. The molecule has 2 N–H and O–H groups in total. The van der Waals surface area contributed by atoms with Crippen LogP contribution in [0, 0.1) is 23.7 Å². The zero-order valence-corrected chi connectivity index (χ0v) is 13.4. The van der Waals surface area contributed by atoms with Gasteiger partial charge in [-0.3, -0.25) is 4.79 Å². The van der Waals surface area contributed by atoms with Gasteiger partial charge >= 0.3 is 5.97 Å². The first-order valence-corrected chi connectivity index (χ1v) is 8.84. The Labute approximate surface area is 132 Å². The van der Waals surface area contributed by atoms with E-state index in [4.69, 9.17) is 4.74 Å². The summed E-state index contributed by atoms with van der Waals surface area (Å²) in [5.74, 6) is 0.795. The van der Waals surface area contributed by atoms with Crippen LogP contribution in [-0.2, 0) is 9.53 Å².